The molecule has 2 aromatic carbocycles. The molecule has 37 heavy (non-hydrogen) atoms. The molecule has 194 valence electrons. The maximum Gasteiger partial charge on any atom is 0.411 e. The fourth-order valence-electron chi connectivity index (χ4n) is 3.58. The molecule has 0 aliphatic heterocycles. The summed E-state index contributed by atoms with van der Waals surface area (Å²) in [4.78, 5) is 24.3. The van der Waals surface area contributed by atoms with E-state index in [1.54, 1.807) is 77.6 Å². The van der Waals surface area contributed by atoms with Crippen molar-refractivity contribution in [3.8, 4) is 32.3 Å². The topological polar surface area (TPSA) is 126 Å². The molecular weight excluding hydrogens is 510 g/mol. The fraction of sp³-hybridized carbons (Fsp3) is 0.269. The summed E-state index contributed by atoms with van der Waals surface area (Å²) in [5, 5.41) is 3.40. The molecule has 0 atom stereocenters. The Hall–Kier alpha value is -3.54. The fourth-order valence-corrected chi connectivity index (χ4v) is 6.27. The first kappa shape index (κ1) is 26.5. The van der Waals surface area contributed by atoms with Crippen LogP contribution in [0.4, 0.5) is 10.5 Å². The van der Waals surface area contributed by atoms with Crippen molar-refractivity contribution in [1.29, 1.82) is 0 Å². The molecule has 2 aromatic heterocycles. The summed E-state index contributed by atoms with van der Waals surface area (Å²) in [6.07, 6.45) is 4.14. The summed E-state index contributed by atoms with van der Waals surface area (Å²) < 4.78 is 34.7. The number of carbonyl (C=O) groups excluding carboxylic acids is 1. The van der Waals surface area contributed by atoms with Crippen molar-refractivity contribution in [3.63, 3.8) is 0 Å². The van der Waals surface area contributed by atoms with Gasteiger partial charge in [0.1, 0.15) is 5.01 Å². The highest BCUT2D eigenvalue weighted by Gasteiger charge is 2.26. The van der Waals surface area contributed by atoms with Gasteiger partial charge in [-0.25, -0.2) is 27.9 Å². The standard InChI is InChI=1S/C26H29N5O4S2/c1-16(2)35-25(32)30-19-9-6-17(7-10-19)24-28-14-22(36-24)20-11-8-18(21-13-27-15-29-21)12-23(20)37(33,34)31-26(3,4)5/h6-16,31H,1-5H3,(H,27,29)(H,30,32). The minimum atomic E-state index is -3.85. The van der Waals surface area contributed by atoms with Crippen molar-refractivity contribution < 1.29 is 17.9 Å². The van der Waals surface area contributed by atoms with Gasteiger partial charge in [-0.3, -0.25) is 5.32 Å². The number of aromatic amines is 1. The van der Waals surface area contributed by atoms with Crippen LogP contribution >= 0.6 is 11.3 Å². The van der Waals surface area contributed by atoms with Crippen molar-refractivity contribution >= 4 is 33.1 Å². The molecule has 4 aromatic rings. The highest BCUT2D eigenvalue weighted by atomic mass is 32.2. The predicted molar refractivity (Wildman–Crippen MR) is 146 cm³/mol. The summed E-state index contributed by atoms with van der Waals surface area (Å²) in [5.74, 6) is 0. The second-order valence-electron chi connectivity index (χ2n) is 9.72. The minimum absolute atomic E-state index is 0.160. The van der Waals surface area contributed by atoms with Crippen LogP contribution < -0.4 is 10.0 Å². The van der Waals surface area contributed by atoms with Crippen molar-refractivity contribution in [1.82, 2.24) is 19.7 Å². The van der Waals surface area contributed by atoms with Crippen LogP contribution in [0.3, 0.4) is 0 Å². The lowest BCUT2D eigenvalue weighted by molar-refractivity contribution is 0.130. The van der Waals surface area contributed by atoms with Gasteiger partial charge in [0.05, 0.1) is 34.1 Å². The molecule has 2 heterocycles. The number of rotatable bonds is 7. The van der Waals surface area contributed by atoms with Crippen LogP contribution in [0.5, 0.6) is 0 Å². The smallest absolute Gasteiger partial charge is 0.411 e. The second kappa shape index (κ2) is 10.4. The van der Waals surface area contributed by atoms with Crippen LogP contribution in [0.25, 0.3) is 32.3 Å². The summed E-state index contributed by atoms with van der Waals surface area (Å²) in [6, 6.07) is 12.5. The average Bonchev–Trinajstić information content (AvgIpc) is 3.50. The first-order valence-electron chi connectivity index (χ1n) is 11.6. The Morgan fingerprint density at radius 3 is 2.38 bits per heavy atom. The molecule has 1 amide bonds. The molecule has 11 heteroatoms. The molecule has 0 spiro atoms. The predicted octanol–water partition coefficient (Wildman–Crippen LogP) is 5.90. The normalized spacial score (nSPS) is 12.1. The number of aromatic nitrogens is 3. The van der Waals surface area contributed by atoms with Gasteiger partial charge in [0.2, 0.25) is 10.0 Å². The van der Waals surface area contributed by atoms with Crippen LogP contribution in [0.2, 0.25) is 0 Å². The average molecular weight is 540 g/mol. The molecule has 0 radical (unpaired) electrons. The Morgan fingerprint density at radius 2 is 1.76 bits per heavy atom. The van der Waals surface area contributed by atoms with Gasteiger partial charge in [0.15, 0.2) is 0 Å². The van der Waals surface area contributed by atoms with Crippen molar-refractivity contribution in [2.75, 3.05) is 5.32 Å². The van der Waals surface area contributed by atoms with E-state index < -0.39 is 21.7 Å². The van der Waals surface area contributed by atoms with Gasteiger partial charge in [-0.2, -0.15) is 0 Å². The molecule has 0 saturated heterocycles. The number of amides is 1. The molecule has 0 unspecified atom stereocenters. The number of carbonyl (C=O) groups is 1. The number of H-pyrrole nitrogens is 1. The van der Waals surface area contributed by atoms with Gasteiger partial charge < -0.3 is 9.72 Å². The van der Waals surface area contributed by atoms with Gasteiger partial charge in [-0.05, 0) is 65.0 Å². The van der Waals surface area contributed by atoms with E-state index in [0.717, 1.165) is 16.3 Å². The number of hydrogen-bond donors (Lipinski definition) is 3. The van der Waals surface area contributed by atoms with Crippen LogP contribution in [0.1, 0.15) is 34.6 Å². The number of hydrogen-bond acceptors (Lipinski definition) is 7. The lowest BCUT2D eigenvalue weighted by atomic mass is 10.1. The molecule has 0 fully saturated rings. The van der Waals surface area contributed by atoms with E-state index >= 15 is 0 Å². The third-order valence-electron chi connectivity index (χ3n) is 5.01. The molecule has 0 aliphatic rings. The van der Waals surface area contributed by atoms with E-state index in [2.05, 4.69) is 25.0 Å². The van der Waals surface area contributed by atoms with Crippen LogP contribution in [0.15, 0.2) is 66.1 Å². The largest absolute Gasteiger partial charge is 0.447 e. The molecule has 4 rings (SSSR count). The lowest BCUT2D eigenvalue weighted by Gasteiger charge is -2.21. The quantitative estimate of drug-likeness (QED) is 0.268. The number of nitrogens with one attached hydrogen (secondary N) is 3. The van der Waals surface area contributed by atoms with Crippen molar-refractivity contribution in [2.24, 2.45) is 0 Å². The number of sulfonamides is 1. The Bertz CT molecular complexity index is 1490. The molecule has 0 saturated carbocycles. The zero-order chi connectivity index (χ0) is 26.8. The zero-order valence-electron chi connectivity index (χ0n) is 21.2. The summed E-state index contributed by atoms with van der Waals surface area (Å²) in [6.45, 7) is 8.96. The maximum atomic E-state index is 13.4. The summed E-state index contributed by atoms with van der Waals surface area (Å²) >= 11 is 1.38. The number of imidazole rings is 1. The molecular formula is C26H29N5O4S2. The lowest BCUT2D eigenvalue weighted by Crippen LogP contribution is -2.40. The van der Waals surface area contributed by atoms with E-state index in [4.69, 9.17) is 4.74 Å². The van der Waals surface area contributed by atoms with Gasteiger partial charge in [0, 0.05) is 34.1 Å². The van der Waals surface area contributed by atoms with E-state index in [1.807, 2.05) is 18.2 Å². The van der Waals surface area contributed by atoms with E-state index in [0.29, 0.717) is 21.7 Å². The highest BCUT2D eigenvalue weighted by molar-refractivity contribution is 7.89. The Kier molecular flexibility index (Phi) is 7.49. The summed E-state index contributed by atoms with van der Waals surface area (Å²) in [7, 11) is -3.85. The van der Waals surface area contributed by atoms with Gasteiger partial charge in [-0.1, -0.05) is 12.1 Å². The minimum Gasteiger partial charge on any atom is -0.447 e. The Balaban J connectivity index is 1.67. The van der Waals surface area contributed by atoms with E-state index in [-0.39, 0.29) is 11.0 Å². The Labute approximate surface area is 220 Å². The number of anilines is 1. The molecule has 9 nitrogen and oxygen atoms in total. The number of nitrogens with zero attached hydrogens (tertiary/aromatic N) is 2. The first-order chi connectivity index (χ1) is 17.4. The Morgan fingerprint density at radius 1 is 1.05 bits per heavy atom. The van der Waals surface area contributed by atoms with E-state index in [1.165, 1.54) is 11.3 Å². The number of ether oxygens (including phenoxy) is 1. The first-order valence-corrected chi connectivity index (χ1v) is 13.9. The van der Waals surface area contributed by atoms with Crippen LogP contribution in [-0.4, -0.2) is 41.1 Å². The van der Waals surface area contributed by atoms with Gasteiger partial charge in [0.25, 0.3) is 0 Å². The molecule has 0 aliphatic carbocycles. The van der Waals surface area contributed by atoms with E-state index in [9.17, 15) is 13.2 Å². The monoisotopic (exact) mass is 539 g/mol. The van der Waals surface area contributed by atoms with Crippen LogP contribution in [0, 0.1) is 0 Å². The van der Waals surface area contributed by atoms with Crippen molar-refractivity contribution in [2.45, 2.75) is 51.2 Å². The molecule has 3 N–H and O–H groups in total. The number of thiazole rings is 1. The second-order valence-corrected chi connectivity index (χ2v) is 12.4. The summed E-state index contributed by atoms with van der Waals surface area (Å²) in [5.41, 5.74) is 2.76. The maximum absolute atomic E-state index is 13.4. The zero-order valence-corrected chi connectivity index (χ0v) is 22.8. The SMILES string of the molecule is CC(C)OC(=O)Nc1ccc(-c2ncc(-c3ccc(-c4cnc[nH]4)cc3S(=O)(=O)NC(C)(C)C)s2)cc1. The van der Waals surface area contributed by atoms with Crippen molar-refractivity contribution in [3.05, 3.63) is 61.2 Å². The highest BCUT2D eigenvalue weighted by Crippen LogP contribution is 2.37. The third-order valence-corrected chi connectivity index (χ3v) is 7.89. The number of benzene rings is 2. The van der Waals surface area contributed by atoms with Gasteiger partial charge in [-0.15, -0.1) is 11.3 Å². The van der Waals surface area contributed by atoms with Crippen LogP contribution in [-0.2, 0) is 14.8 Å². The molecule has 0 bridgehead atoms. The van der Waals surface area contributed by atoms with Gasteiger partial charge >= 0.3 is 6.09 Å². The third kappa shape index (κ3) is 6.62.